The molecular weight excluding hydrogens is 292 g/mol. The minimum absolute atomic E-state index is 0.743. The van der Waals surface area contributed by atoms with E-state index >= 15 is 0 Å². The van der Waals surface area contributed by atoms with E-state index < -0.39 is 0 Å². The summed E-state index contributed by atoms with van der Waals surface area (Å²) in [7, 11) is 0. The molecule has 0 radical (unpaired) electrons. The summed E-state index contributed by atoms with van der Waals surface area (Å²) in [6.07, 6.45) is 0.939. The van der Waals surface area contributed by atoms with E-state index in [-0.39, 0.29) is 0 Å². The molecule has 112 valence electrons. The lowest BCUT2D eigenvalue weighted by molar-refractivity contribution is 0.112. The van der Waals surface area contributed by atoms with Gasteiger partial charge in [-0.1, -0.05) is 54.6 Å². The molecule has 0 fully saturated rings. The van der Waals surface area contributed by atoms with Crippen LogP contribution in [0.25, 0.3) is 43.1 Å². The second-order valence-corrected chi connectivity index (χ2v) is 6.25. The van der Waals surface area contributed by atoms with E-state index in [9.17, 15) is 4.79 Å². The van der Waals surface area contributed by atoms with E-state index in [1.165, 1.54) is 32.3 Å². The van der Waals surface area contributed by atoms with Crippen molar-refractivity contribution >= 4 is 49.4 Å². The molecule has 1 nitrogen and oxygen atoms in total. The number of aldehydes is 1. The smallest absolute Gasteiger partial charge is 0.150 e. The van der Waals surface area contributed by atoms with Crippen molar-refractivity contribution in [2.45, 2.75) is 0 Å². The minimum atomic E-state index is 0.743. The molecule has 5 aromatic carbocycles. The van der Waals surface area contributed by atoms with Crippen molar-refractivity contribution in [3.8, 4) is 0 Å². The van der Waals surface area contributed by atoms with Gasteiger partial charge in [-0.2, -0.15) is 0 Å². The van der Waals surface area contributed by atoms with Gasteiger partial charge in [0.2, 0.25) is 0 Å². The molecule has 1 heteroatoms. The van der Waals surface area contributed by atoms with Gasteiger partial charge in [0.1, 0.15) is 0 Å². The van der Waals surface area contributed by atoms with Gasteiger partial charge in [0.05, 0.1) is 0 Å². The Bertz CT molecular complexity index is 1270. The molecule has 0 aliphatic carbocycles. The largest absolute Gasteiger partial charge is 0.298 e. The van der Waals surface area contributed by atoms with E-state index in [1.54, 1.807) is 0 Å². The molecule has 0 N–H and O–H groups in total. The van der Waals surface area contributed by atoms with Crippen molar-refractivity contribution in [1.82, 2.24) is 0 Å². The summed E-state index contributed by atoms with van der Waals surface area (Å²) in [6.45, 7) is 0. The lowest BCUT2D eigenvalue weighted by Crippen LogP contribution is -1.85. The fourth-order valence-corrected chi connectivity index (χ4v) is 3.65. The van der Waals surface area contributed by atoms with E-state index in [1.807, 2.05) is 12.1 Å². The third-order valence-electron chi connectivity index (χ3n) is 4.86. The quantitative estimate of drug-likeness (QED) is 0.207. The molecule has 5 rings (SSSR count). The van der Waals surface area contributed by atoms with Crippen LogP contribution in [0.1, 0.15) is 10.4 Å². The number of hydrogen-bond acceptors (Lipinski definition) is 1. The molecule has 0 aliphatic rings. The molecule has 0 amide bonds. The highest BCUT2D eigenvalue weighted by molar-refractivity contribution is 6.16. The van der Waals surface area contributed by atoms with Crippen LogP contribution >= 0.6 is 0 Å². The minimum Gasteiger partial charge on any atom is -0.298 e. The van der Waals surface area contributed by atoms with Crippen LogP contribution in [0.2, 0.25) is 0 Å². The molecule has 24 heavy (non-hydrogen) atoms. The highest BCUT2D eigenvalue weighted by Gasteiger charge is 2.07. The van der Waals surface area contributed by atoms with Crippen molar-refractivity contribution in [2.24, 2.45) is 0 Å². The van der Waals surface area contributed by atoms with Crippen molar-refractivity contribution < 1.29 is 4.79 Å². The van der Waals surface area contributed by atoms with Crippen LogP contribution in [0.5, 0.6) is 0 Å². The molecule has 0 unspecified atom stereocenters. The lowest BCUT2D eigenvalue weighted by atomic mass is 9.95. The van der Waals surface area contributed by atoms with Crippen LogP contribution in [-0.4, -0.2) is 6.29 Å². The molecule has 0 heterocycles. The zero-order valence-corrected chi connectivity index (χ0v) is 13.0. The Balaban J connectivity index is 1.99. The van der Waals surface area contributed by atoms with Crippen LogP contribution in [0.15, 0.2) is 78.9 Å². The molecule has 0 aliphatic heterocycles. The van der Waals surface area contributed by atoms with Crippen LogP contribution < -0.4 is 0 Å². The zero-order valence-electron chi connectivity index (χ0n) is 13.0. The Morgan fingerprint density at radius 3 is 1.83 bits per heavy atom. The van der Waals surface area contributed by atoms with E-state index in [0.29, 0.717) is 0 Å². The highest BCUT2D eigenvalue weighted by Crippen LogP contribution is 2.32. The Kier molecular flexibility index (Phi) is 2.71. The third kappa shape index (κ3) is 1.85. The summed E-state index contributed by atoms with van der Waals surface area (Å²) in [4.78, 5) is 11.4. The summed E-state index contributed by atoms with van der Waals surface area (Å²) in [6, 6.07) is 27.5. The summed E-state index contributed by atoms with van der Waals surface area (Å²) >= 11 is 0. The SMILES string of the molecule is O=Cc1cccc2cc3ccc4cc5ccccc5cc4c3cc12. The molecular formula is C23H14O. The second-order valence-electron chi connectivity index (χ2n) is 6.25. The van der Waals surface area contributed by atoms with Crippen LogP contribution in [0, 0.1) is 0 Å². The number of benzene rings is 5. The van der Waals surface area contributed by atoms with Crippen molar-refractivity contribution in [1.29, 1.82) is 0 Å². The highest BCUT2D eigenvalue weighted by atomic mass is 16.1. The van der Waals surface area contributed by atoms with Gasteiger partial charge >= 0.3 is 0 Å². The fraction of sp³-hybridized carbons (Fsp3) is 0. The Labute approximate surface area is 139 Å². The predicted molar refractivity (Wildman–Crippen MR) is 102 cm³/mol. The van der Waals surface area contributed by atoms with Crippen LogP contribution in [-0.2, 0) is 0 Å². The first-order valence-electron chi connectivity index (χ1n) is 8.07. The van der Waals surface area contributed by atoms with Gasteiger partial charge in [-0.05, 0) is 67.4 Å². The fourth-order valence-electron chi connectivity index (χ4n) is 3.65. The maximum atomic E-state index is 11.4. The second kappa shape index (κ2) is 4.90. The molecule has 5 aromatic rings. The lowest BCUT2D eigenvalue weighted by Gasteiger charge is -2.09. The normalized spacial score (nSPS) is 11.5. The Morgan fingerprint density at radius 2 is 1.08 bits per heavy atom. The van der Waals surface area contributed by atoms with Crippen molar-refractivity contribution in [2.75, 3.05) is 0 Å². The van der Waals surface area contributed by atoms with Crippen LogP contribution in [0.4, 0.5) is 0 Å². The topological polar surface area (TPSA) is 17.1 Å². The standard InChI is InChI=1S/C23H14O/c24-14-20-7-3-6-17-11-19-9-8-18-10-15-4-1-2-5-16(15)12-22(18)23(19)13-21(17)20/h1-14H. The van der Waals surface area contributed by atoms with E-state index in [4.69, 9.17) is 0 Å². The van der Waals surface area contributed by atoms with Gasteiger partial charge in [-0.15, -0.1) is 0 Å². The van der Waals surface area contributed by atoms with Crippen molar-refractivity contribution in [3.05, 3.63) is 84.4 Å². The first-order valence-corrected chi connectivity index (χ1v) is 8.07. The molecule has 0 aromatic heterocycles. The number of rotatable bonds is 1. The maximum Gasteiger partial charge on any atom is 0.150 e. The summed E-state index contributed by atoms with van der Waals surface area (Å²) < 4.78 is 0. The van der Waals surface area contributed by atoms with Gasteiger partial charge in [0.15, 0.2) is 6.29 Å². The first kappa shape index (κ1) is 13.3. The molecule has 0 saturated carbocycles. The van der Waals surface area contributed by atoms with Gasteiger partial charge in [0.25, 0.3) is 0 Å². The predicted octanol–water partition coefficient (Wildman–Crippen LogP) is 6.11. The number of fused-ring (bicyclic) bond motifs is 5. The summed E-state index contributed by atoms with van der Waals surface area (Å²) in [5.74, 6) is 0. The van der Waals surface area contributed by atoms with E-state index in [0.717, 1.165) is 22.6 Å². The average Bonchev–Trinajstić information content (AvgIpc) is 2.64. The Hall–Kier alpha value is -3.19. The number of hydrogen-bond donors (Lipinski definition) is 0. The van der Waals surface area contributed by atoms with Gasteiger partial charge in [-0.3, -0.25) is 4.79 Å². The molecule has 0 saturated heterocycles. The van der Waals surface area contributed by atoms with Crippen LogP contribution in [0.3, 0.4) is 0 Å². The number of carbonyl (C=O) groups excluding carboxylic acids is 1. The molecule has 0 atom stereocenters. The van der Waals surface area contributed by atoms with Crippen molar-refractivity contribution in [3.63, 3.8) is 0 Å². The summed E-state index contributed by atoms with van der Waals surface area (Å²) in [5, 5.41) is 9.46. The zero-order chi connectivity index (χ0) is 16.1. The third-order valence-corrected chi connectivity index (χ3v) is 4.86. The molecule has 0 spiro atoms. The Morgan fingerprint density at radius 1 is 0.500 bits per heavy atom. The van der Waals surface area contributed by atoms with E-state index in [2.05, 4.69) is 66.7 Å². The van der Waals surface area contributed by atoms with Gasteiger partial charge in [-0.25, -0.2) is 0 Å². The summed E-state index contributed by atoms with van der Waals surface area (Å²) in [5.41, 5.74) is 0.743. The molecule has 0 bridgehead atoms. The van der Waals surface area contributed by atoms with Gasteiger partial charge in [0, 0.05) is 5.56 Å². The maximum absolute atomic E-state index is 11.4. The number of carbonyl (C=O) groups is 1. The average molecular weight is 306 g/mol. The monoisotopic (exact) mass is 306 g/mol. The first-order chi connectivity index (χ1) is 11.8. The van der Waals surface area contributed by atoms with Gasteiger partial charge < -0.3 is 0 Å².